The molecule has 0 unspecified atom stereocenters. The highest BCUT2D eigenvalue weighted by molar-refractivity contribution is 5.77. The number of hydrogen-bond donors (Lipinski definition) is 0. The summed E-state index contributed by atoms with van der Waals surface area (Å²) in [6, 6.07) is 13.2. The molecule has 30 heavy (non-hydrogen) atoms. The molecule has 2 aliphatic rings. The number of halogens is 2. The van der Waals surface area contributed by atoms with Gasteiger partial charge >= 0.3 is 0 Å². The summed E-state index contributed by atoms with van der Waals surface area (Å²) in [6.45, 7) is 6.44. The fraction of sp³-hybridized carbons (Fsp3) is 0.458. The SMILES string of the molecule is O=C1CCCN1CCCN1CCN(C(c2ccc(F)cc2)c2ccc(F)cc2)CC1. The zero-order chi connectivity index (χ0) is 20.9. The Morgan fingerprint density at radius 2 is 1.33 bits per heavy atom. The van der Waals surface area contributed by atoms with Crippen LogP contribution in [-0.4, -0.2) is 66.4 Å². The van der Waals surface area contributed by atoms with Crippen LogP contribution in [0.15, 0.2) is 48.5 Å². The van der Waals surface area contributed by atoms with Crippen LogP contribution in [0.25, 0.3) is 0 Å². The summed E-state index contributed by atoms with van der Waals surface area (Å²) < 4.78 is 26.9. The van der Waals surface area contributed by atoms with E-state index in [-0.39, 0.29) is 17.7 Å². The molecule has 0 aromatic heterocycles. The molecule has 0 atom stereocenters. The number of amides is 1. The van der Waals surface area contributed by atoms with Crippen LogP contribution in [-0.2, 0) is 4.79 Å². The topological polar surface area (TPSA) is 26.8 Å². The van der Waals surface area contributed by atoms with E-state index in [1.54, 1.807) is 0 Å². The molecule has 6 heteroatoms. The van der Waals surface area contributed by atoms with Crippen molar-refractivity contribution in [1.82, 2.24) is 14.7 Å². The van der Waals surface area contributed by atoms with Crippen LogP contribution < -0.4 is 0 Å². The highest BCUT2D eigenvalue weighted by Crippen LogP contribution is 2.30. The van der Waals surface area contributed by atoms with Crippen molar-refractivity contribution in [2.75, 3.05) is 45.8 Å². The van der Waals surface area contributed by atoms with Gasteiger partial charge in [0.2, 0.25) is 5.91 Å². The zero-order valence-corrected chi connectivity index (χ0v) is 17.3. The van der Waals surface area contributed by atoms with Crippen LogP contribution in [0.3, 0.4) is 0 Å². The average molecular weight is 414 g/mol. The van der Waals surface area contributed by atoms with E-state index in [2.05, 4.69) is 9.80 Å². The first kappa shape index (κ1) is 20.9. The maximum atomic E-state index is 13.5. The molecule has 0 saturated carbocycles. The molecule has 0 bridgehead atoms. The van der Waals surface area contributed by atoms with Crippen LogP contribution in [0.5, 0.6) is 0 Å². The monoisotopic (exact) mass is 413 g/mol. The maximum absolute atomic E-state index is 13.5. The quantitative estimate of drug-likeness (QED) is 0.693. The van der Waals surface area contributed by atoms with Gasteiger partial charge in [0.05, 0.1) is 6.04 Å². The van der Waals surface area contributed by atoms with Crippen LogP contribution >= 0.6 is 0 Å². The van der Waals surface area contributed by atoms with E-state index in [4.69, 9.17) is 0 Å². The minimum atomic E-state index is -0.252. The molecule has 2 saturated heterocycles. The highest BCUT2D eigenvalue weighted by Gasteiger charge is 2.27. The van der Waals surface area contributed by atoms with Crippen molar-refractivity contribution in [3.63, 3.8) is 0 Å². The third kappa shape index (κ3) is 5.05. The zero-order valence-electron chi connectivity index (χ0n) is 17.3. The Morgan fingerprint density at radius 1 is 0.767 bits per heavy atom. The van der Waals surface area contributed by atoms with Crippen molar-refractivity contribution >= 4 is 5.91 Å². The summed E-state index contributed by atoms with van der Waals surface area (Å²) in [5.74, 6) is -0.211. The Kier molecular flexibility index (Phi) is 6.75. The number of carbonyl (C=O) groups is 1. The van der Waals surface area contributed by atoms with Gasteiger partial charge in [0, 0.05) is 45.7 Å². The predicted octanol–water partition coefficient (Wildman–Crippen LogP) is 3.68. The van der Waals surface area contributed by atoms with E-state index >= 15 is 0 Å². The number of piperazine rings is 1. The molecule has 4 nitrogen and oxygen atoms in total. The summed E-state index contributed by atoms with van der Waals surface area (Å²) in [5, 5.41) is 0. The van der Waals surface area contributed by atoms with Gasteiger partial charge in [-0.25, -0.2) is 8.78 Å². The minimum absolute atomic E-state index is 0.0180. The Bertz CT molecular complexity index is 787. The second-order valence-electron chi connectivity index (χ2n) is 8.22. The number of nitrogens with zero attached hydrogens (tertiary/aromatic N) is 3. The number of carbonyl (C=O) groups excluding carboxylic acids is 1. The van der Waals surface area contributed by atoms with Crippen LogP contribution in [0, 0.1) is 11.6 Å². The standard InChI is InChI=1S/C24H29F2N3O/c25-21-8-4-19(5-9-21)24(20-6-10-22(26)11-7-20)29-17-15-27(16-18-29)12-2-14-28-13-1-3-23(28)30/h4-11,24H,1-3,12-18H2. The van der Waals surface area contributed by atoms with Gasteiger partial charge in [0.1, 0.15) is 11.6 Å². The molecule has 160 valence electrons. The van der Waals surface area contributed by atoms with Gasteiger partial charge in [0.25, 0.3) is 0 Å². The van der Waals surface area contributed by atoms with Crippen molar-refractivity contribution in [2.45, 2.75) is 25.3 Å². The lowest BCUT2D eigenvalue weighted by atomic mass is 9.96. The van der Waals surface area contributed by atoms with Crippen LogP contribution in [0.4, 0.5) is 8.78 Å². The van der Waals surface area contributed by atoms with E-state index < -0.39 is 0 Å². The Balaban J connectivity index is 1.37. The maximum Gasteiger partial charge on any atom is 0.222 e. The van der Waals surface area contributed by atoms with E-state index in [9.17, 15) is 13.6 Å². The molecule has 0 radical (unpaired) electrons. The Labute approximate surface area is 177 Å². The third-order valence-electron chi connectivity index (χ3n) is 6.22. The molecule has 0 spiro atoms. The molecule has 2 aliphatic heterocycles. The fourth-order valence-electron chi connectivity index (χ4n) is 4.58. The minimum Gasteiger partial charge on any atom is -0.343 e. The molecular weight excluding hydrogens is 384 g/mol. The summed E-state index contributed by atoms with van der Waals surface area (Å²) in [4.78, 5) is 18.6. The van der Waals surface area contributed by atoms with Gasteiger partial charge in [-0.1, -0.05) is 24.3 Å². The smallest absolute Gasteiger partial charge is 0.222 e. The van der Waals surface area contributed by atoms with E-state index in [0.29, 0.717) is 12.3 Å². The Morgan fingerprint density at radius 3 is 1.83 bits per heavy atom. The normalized spacial score (nSPS) is 18.5. The fourth-order valence-corrected chi connectivity index (χ4v) is 4.58. The van der Waals surface area contributed by atoms with Crippen molar-refractivity contribution < 1.29 is 13.6 Å². The molecule has 2 aromatic rings. The second-order valence-corrected chi connectivity index (χ2v) is 8.22. The molecular formula is C24H29F2N3O. The first-order chi connectivity index (χ1) is 14.6. The molecule has 2 fully saturated rings. The van der Waals surface area contributed by atoms with Crippen LogP contribution in [0.2, 0.25) is 0 Å². The lowest BCUT2D eigenvalue weighted by molar-refractivity contribution is -0.127. The number of likely N-dealkylation sites (tertiary alicyclic amines) is 1. The molecule has 1 amide bonds. The summed E-state index contributed by atoms with van der Waals surface area (Å²) in [6.07, 6.45) is 2.70. The highest BCUT2D eigenvalue weighted by atomic mass is 19.1. The van der Waals surface area contributed by atoms with Gasteiger partial charge in [0.15, 0.2) is 0 Å². The van der Waals surface area contributed by atoms with Gasteiger partial charge in [-0.3, -0.25) is 9.69 Å². The molecule has 0 aliphatic carbocycles. The predicted molar refractivity (Wildman–Crippen MR) is 113 cm³/mol. The summed E-state index contributed by atoms with van der Waals surface area (Å²) >= 11 is 0. The largest absolute Gasteiger partial charge is 0.343 e. The number of benzene rings is 2. The van der Waals surface area contributed by atoms with E-state index in [1.165, 1.54) is 24.3 Å². The summed E-state index contributed by atoms with van der Waals surface area (Å²) in [5.41, 5.74) is 2.04. The first-order valence-electron chi connectivity index (χ1n) is 10.9. The third-order valence-corrected chi connectivity index (χ3v) is 6.22. The number of hydrogen-bond acceptors (Lipinski definition) is 3. The van der Waals surface area contributed by atoms with Crippen molar-refractivity contribution in [3.8, 4) is 0 Å². The molecule has 2 aromatic carbocycles. The first-order valence-corrected chi connectivity index (χ1v) is 10.9. The van der Waals surface area contributed by atoms with Gasteiger partial charge in [-0.05, 0) is 54.8 Å². The lowest BCUT2D eigenvalue weighted by Crippen LogP contribution is -2.48. The van der Waals surface area contributed by atoms with Crippen molar-refractivity contribution in [3.05, 3.63) is 71.3 Å². The van der Waals surface area contributed by atoms with Gasteiger partial charge < -0.3 is 9.80 Å². The second kappa shape index (κ2) is 9.67. The van der Waals surface area contributed by atoms with Gasteiger partial charge in [-0.2, -0.15) is 0 Å². The van der Waals surface area contributed by atoms with E-state index in [0.717, 1.165) is 69.8 Å². The van der Waals surface area contributed by atoms with E-state index in [1.807, 2.05) is 29.2 Å². The van der Waals surface area contributed by atoms with Crippen LogP contribution in [0.1, 0.15) is 36.4 Å². The van der Waals surface area contributed by atoms with Gasteiger partial charge in [-0.15, -0.1) is 0 Å². The molecule has 4 rings (SSSR count). The van der Waals surface area contributed by atoms with Crippen molar-refractivity contribution in [2.24, 2.45) is 0 Å². The summed E-state index contributed by atoms with van der Waals surface area (Å²) in [7, 11) is 0. The average Bonchev–Trinajstić information content (AvgIpc) is 3.17. The number of rotatable bonds is 7. The lowest BCUT2D eigenvalue weighted by Gasteiger charge is -2.40. The molecule has 2 heterocycles. The molecule has 0 N–H and O–H groups in total. The Hall–Kier alpha value is -2.31. The van der Waals surface area contributed by atoms with Crippen molar-refractivity contribution in [1.29, 1.82) is 0 Å².